The van der Waals surface area contributed by atoms with Gasteiger partial charge in [-0.25, -0.2) is 13.5 Å². The Labute approximate surface area is 137 Å². The van der Waals surface area contributed by atoms with Gasteiger partial charge in [-0.1, -0.05) is 17.3 Å². The quantitative estimate of drug-likeness (QED) is 0.530. The van der Waals surface area contributed by atoms with Crippen LogP contribution in [0.3, 0.4) is 0 Å². The van der Waals surface area contributed by atoms with Crippen molar-refractivity contribution in [3.63, 3.8) is 0 Å². The summed E-state index contributed by atoms with van der Waals surface area (Å²) in [5.74, 6) is -1.89. The van der Waals surface area contributed by atoms with Crippen LogP contribution in [0.4, 0.5) is 14.5 Å². The number of hydrogen-bond acceptors (Lipinski definition) is 3. The minimum absolute atomic E-state index is 0.0600. The van der Waals surface area contributed by atoms with Crippen molar-refractivity contribution < 1.29 is 13.6 Å². The molecule has 2 aromatic carbocycles. The largest absolute Gasteiger partial charge is 0.324 e. The minimum Gasteiger partial charge on any atom is -0.324 e. The van der Waals surface area contributed by atoms with E-state index in [1.54, 1.807) is 34.7 Å². The molecule has 1 heterocycles. The molecule has 0 bridgehead atoms. The van der Waals surface area contributed by atoms with Gasteiger partial charge in [0.2, 0.25) is 5.91 Å². The van der Waals surface area contributed by atoms with Crippen molar-refractivity contribution in [3.05, 3.63) is 51.6 Å². The number of anilines is 1. The van der Waals surface area contributed by atoms with Crippen molar-refractivity contribution >= 4 is 45.2 Å². The van der Waals surface area contributed by atoms with Gasteiger partial charge >= 0.3 is 0 Å². The zero-order valence-corrected chi connectivity index (χ0v) is 13.2. The van der Waals surface area contributed by atoms with E-state index in [1.807, 2.05) is 12.1 Å². The summed E-state index contributed by atoms with van der Waals surface area (Å²) in [6.07, 6.45) is 0. The molecule has 0 aliphatic rings. The van der Waals surface area contributed by atoms with Gasteiger partial charge in [0.05, 0.1) is 9.09 Å². The Morgan fingerprint density at radius 1 is 1.23 bits per heavy atom. The highest BCUT2D eigenvalue weighted by molar-refractivity contribution is 14.1. The molecule has 1 N–H and O–H groups in total. The highest BCUT2D eigenvalue weighted by Gasteiger charge is 2.12. The number of para-hydroxylation sites is 1. The molecular formula is C14H9F2IN4O. The summed E-state index contributed by atoms with van der Waals surface area (Å²) in [5, 5.41) is 10.3. The molecule has 0 aliphatic heterocycles. The molecule has 0 fully saturated rings. The highest BCUT2D eigenvalue weighted by atomic mass is 127. The molecule has 112 valence electrons. The first-order chi connectivity index (χ1) is 10.5. The summed E-state index contributed by atoms with van der Waals surface area (Å²) in [6.45, 7) is -0.101. The number of benzene rings is 2. The lowest BCUT2D eigenvalue weighted by Gasteiger charge is -2.07. The standard InChI is InChI=1S/C14H9F2IN4O/c15-9-5-8(6-10(16)14(9)17)18-13(22)7-21-12-4-2-1-3-11(12)19-20-21/h1-6H,7H2,(H,18,22). The fraction of sp³-hybridized carbons (Fsp3) is 0.0714. The summed E-state index contributed by atoms with van der Waals surface area (Å²) in [4.78, 5) is 12.0. The van der Waals surface area contributed by atoms with E-state index < -0.39 is 17.5 Å². The van der Waals surface area contributed by atoms with Crippen LogP contribution in [-0.4, -0.2) is 20.9 Å². The van der Waals surface area contributed by atoms with Gasteiger partial charge in [-0.15, -0.1) is 5.10 Å². The molecule has 5 nitrogen and oxygen atoms in total. The molecule has 0 spiro atoms. The van der Waals surface area contributed by atoms with Crippen LogP contribution in [0.1, 0.15) is 0 Å². The number of nitrogens with one attached hydrogen (secondary N) is 1. The van der Waals surface area contributed by atoms with Crippen LogP contribution in [0, 0.1) is 15.2 Å². The number of rotatable bonds is 3. The van der Waals surface area contributed by atoms with E-state index in [-0.39, 0.29) is 15.8 Å². The zero-order chi connectivity index (χ0) is 15.7. The van der Waals surface area contributed by atoms with Crippen LogP contribution in [0.25, 0.3) is 11.0 Å². The van der Waals surface area contributed by atoms with E-state index in [9.17, 15) is 13.6 Å². The first kappa shape index (κ1) is 14.8. The number of nitrogens with zero attached hydrogens (tertiary/aromatic N) is 3. The molecule has 3 rings (SSSR count). The van der Waals surface area contributed by atoms with E-state index in [1.165, 1.54) is 4.68 Å². The summed E-state index contributed by atoms with van der Waals surface area (Å²) in [7, 11) is 0. The van der Waals surface area contributed by atoms with Gasteiger partial charge in [-0.05, 0) is 46.9 Å². The van der Waals surface area contributed by atoms with Crippen molar-refractivity contribution in [2.45, 2.75) is 6.54 Å². The second-order valence-electron chi connectivity index (χ2n) is 4.54. The summed E-state index contributed by atoms with van der Waals surface area (Å²) < 4.78 is 28.2. The van der Waals surface area contributed by atoms with Crippen LogP contribution >= 0.6 is 22.6 Å². The number of fused-ring (bicyclic) bond motifs is 1. The van der Waals surface area contributed by atoms with Crippen molar-refractivity contribution in [2.75, 3.05) is 5.32 Å². The molecule has 0 unspecified atom stereocenters. The number of carbonyl (C=O) groups excluding carboxylic acids is 1. The Hall–Kier alpha value is -2.10. The first-order valence-electron chi connectivity index (χ1n) is 6.27. The van der Waals surface area contributed by atoms with Gasteiger partial charge in [-0.2, -0.15) is 0 Å². The molecule has 0 radical (unpaired) electrons. The Bertz CT molecular complexity index is 842. The maximum absolute atomic E-state index is 13.4. The molecule has 0 aliphatic carbocycles. The van der Waals surface area contributed by atoms with Gasteiger partial charge in [0.25, 0.3) is 0 Å². The summed E-state index contributed by atoms with van der Waals surface area (Å²) in [5.41, 5.74) is 1.43. The van der Waals surface area contributed by atoms with Gasteiger partial charge in [0.1, 0.15) is 23.7 Å². The second kappa shape index (κ2) is 5.95. The fourth-order valence-electron chi connectivity index (χ4n) is 2.00. The average Bonchev–Trinajstić information content (AvgIpc) is 2.88. The van der Waals surface area contributed by atoms with Crippen LogP contribution in [0.2, 0.25) is 0 Å². The molecule has 3 aromatic rings. The number of aromatic nitrogens is 3. The van der Waals surface area contributed by atoms with Crippen molar-refractivity contribution in [2.24, 2.45) is 0 Å². The number of amides is 1. The third-order valence-corrected chi connectivity index (χ3v) is 4.01. The molecule has 22 heavy (non-hydrogen) atoms. The Balaban J connectivity index is 1.78. The molecule has 0 saturated carbocycles. The van der Waals surface area contributed by atoms with E-state index in [4.69, 9.17) is 0 Å². The first-order valence-corrected chi connectivity index (χ1v) is 7.35. The average molecular weight is 414 g/mol. The van der Waals surface area contributed by atoms with Crippen molar-refractivity contribution in [3.8, 4) is 0 Å². The van der Waals surface area contributed by atoms with Gasteiger partial charge in [0, 0.05) is 5.69 Å². The minimum atomic E-state index is -0.720. The Morgan fingerprint density at radius 3 is 2.64 bits per heavy atom. The normalized spacial score (nSPS) is 10.9. The lowest BCUT2D eigenvalue weighted by Crippen LogP contribution is -2.19. The lowest BCUT2D eigenvalue weighted by molar-refractivity contribution is -0.116. The van der Waals surface area contributed by atoms with Gasteiger partial charge < -0.3 is 5.32 Å². The molecule has 8 heteroatoms. The highest BCUT2D eigenvalue weighted by Crippen LogP contribution is 2.20. The van der Waals surface area contributed by atoms with Crippen LogP contribution in [0.5, 0.6) is 0 Å². The number of hydrogen-bond donors (Lipinski definition) is 1. The Morgan fingerprint density at radius 2 is 1.91 bits per heavy atom. The van der Waals surface area contributed by atoms with Crippen molar-refractivity contribution in [1.29, 1.82) is 0 Å². The summed E-state index contributed by atoms with van der Waals surface area (Å²) in [6, 6.07) is 9.33. The monoisotopic (exact) mass is 414 g/mol. The SMILES string of the molecule is O=C(Cn1nnc2ccccc21)Nc1cc(F)c(I)c(F)c1. The van der Waals surface area contributed by atoms with Crippen LogP contribution < -0.4 is 5.32 Å². The van der Waals surface area contributed by atoms with E-state index in [0.717, 1.165) is 12.1 Å². The Kier molecular flexibility index (Phi) is 4.01. The summed E-state index contributed by atoms with van der Waals surface area (Å²) >= 11 is 1.56. The molecule has 0 atom stereocenters. The van der Waals surface area contributed by atoms with Gasteiger partial charge in [-0.3, -0.25) is 4.79 Å². The zero-order valence-electron chi connectivity index (χ0n) is 11.1. The lowest BCUT2D eigenvalue weighted by atomic mass is 10.3. The smallest absolute Gasteiger partial charge is 0.246 e. The predicted octanol–water partition coefficient (Wildman–Crippen LogP) is 2.95. The number of halogens is 3. The van der Waals surface area contributed by atoms with E-state index in [0.29, 0.717) is 11.0 Å². The maximum Gasteiger partial charge on any atom is 0.246 e. The van der Waals surface area contributed by atoms with E-state index in [2.05, 4.69) is 15.6 Å². The topological polar surface area (TPSA) is 59.8 Å². The van der Waals surface area contributed by atoms with E-state index >= 15 is 0 Å². The third kappa shape index (κ3) is 2.91. The fourth-order valence-corrected chi connectivity index (χ4v) is 2.31. The van der Waals surface area contributed by atoms with Crippen LogP contribution in [-0.2, 0) is 11.3 Å². The molecule has 1 aromatic heterocycles. The maximum atomic E-state index is 13.4. The molecule has 0 saturated heterocycles. The number of carbonyl (C=O) groups is 1. The molecular weight excluding hydrogens is 405 g/mol. The van der Waals surface area contributed by atoms with Gasteiger partial charge in [0.15, 0.2) is 0 Å². The molecule has 1 amide bonds. The second-order valence-corrected chi connectivity index (χ2v) is 5.62. The van der Waals surface area contributed by atoms with Crippen LogP contribution in [0.15, 0.2) is 36.4 Å². The third-order valence-electron chi connectivity index (χ3n) is 2.98. The predicted molar refractivity (Wildman–Crippen MR) is 85.2 cm³/mol. The van der Waals surface area contributed by atoms with Crippen molar-refractivity contribution in [1.82, 2.24) is 15.0 Å².